The summed E-state index contributed by atoms with van der Waals surface area (Å²) in [5.41, 5.74) is 4.60. The molecule has 4 aromatic rings. The van der Waals surface area contributed by atoms with Gasteiger partial charge in [0, 0.05) is 117 Å². The first kappa shape index (κ1) is 70.5. The van der Waals surface area contributed by atoms with Crippen LogP contribution in [0.3, 0.4) is 0 Å². The summed E-state index contributed by atoms with van der Waals surface area (Å²) in [6, 6.07) is 7.76. The Kier molecular flexibility index (Phi) is 27.5. The minimum Gasteiger partial charge on any atom is -0.495 e. The lowest BCUT2D eigenvalue weighted by Gasteiger charge is -2.37. The van der Waals surface area contributed by atoms with Crippen molar-refractivity contribution in [2.45, 2.75) is 39.3 Å². The molecule has 6 heterocycles. The Labute approximate surface area is 517 Å². The number of methoxy groups -OCH3 is 2. The van der Waals surface area contributed by atoms with E-state index in [9.17, 15) is 45.5 Å². The van der Waals surface area contributed by atoms with Gasteiger partial charge in [-0.1, -0.05) is 46.4 Å². The third-order valence-corrected chi connectivity index (χ3v) is 15.3. The molecule has 8 rings (SSSR count). The number of ether oxygens (including phenoxy) is 4. The minimum absolute atomic E-state index is 0.0453. The fourth-order valence-electron chi connectivity index (χ4n) is 9.17. The summed E-state index contributed by atoms with van der Waals surface area (Å²) in [6.45, 7) is 14.2. The van der Waals surface area contributed by atoms with Gasteiger partial charge >= 0.3 is 12.4 Å². The van der Waals surface area contributed by atoms with Crippen molar-refractivity contribution in [3.8, 4) is 17.6 Å². The number of nitrogens with zero attached hydrogens (tertiary/aromatic N) is 11. The number of halogens is 12. The Balaban J connectivity index is 0.000000263. The van der Waals surface area contributed by atoms with Gasteiger partial charge in [0.05, 0.1) is 100.0 Å². The van der Waals surface area contributed by atoms with Gasteiger partial charge in [-0.25, -0.2) is 0 Å². The fourth-order valence-corrected chi connectivity index (χ4v) is 10.1. The van der Waals surface area contributed by atoms with E-state index in [-0.39, 0.29) is 58.8 Å². The van der Waals surface area contributed by atoms with E-state index in [4.69, 9.17) is 99.5 Å². The molecule has 85 heavy (non-hydrogen) atoms. The standard InChI is InChI=1S/C25H31Cl2F3N6O4.C20H18Cl2F3N5O3.C6H14N2O.CH2Cl2/c1-16-22(27)23(25(28,29)30)32-36(16)15-21(37)35-7-5-34(6-8-35)19-14-20(39-2)18(26)13-17(19)24(38)31-3-4-33-9-11-40-12-10-33;1-11-18(22)19(20(23,24)25)27-30(11)10-17(32)29-5-3-28(4-6-29)14-8-16(33-2)13(21)7-12(14)15(31)9-26;7-1-2-8-3-5-9-6-4-8;2-1-3/h13-14H,3-12,15H2,1-2H3,(H,31,38);7-8H,3-6,10H2,1-2H3;1-7H2;1H2. The molecule has 4 aliphatic heterocycles. The number of nitriles is 1. The van der Waals surface area contributed by atoms with Crippen molar-refractivity contribution < 1.29 is 64.5 Å². The number of carbonyl (C=O) groups excluding carboxylic acids is 4. The molecule has 3 amide bonds. The van der Waals surface area contributed by atoms with Gasteiger partial charge in [-0.05, 0) is 26.0 Å². The molecule has 4 fully saturated rings. The molecule has 0 aliphatic carbocycles. The Morgan fingerprint density at radius 1 is 0.635 bits per heavy atom. The lowest BCUT2D eigenvalue weighted by Crippen LogP contribution is -2.50. The summed E-state index contributed by atoms with van der Waals surface area (Å²) in [4.78, 5) is 62.2. The van der Waals surface area contributed by atoms with Crippen molar-refractivity contribution in [1.82, 2.24) is 44.5 Å². The SMILES string of the molecule is COc1cc(N2CCN(C(=O)Cn3nc(C(F)(F)F)c(Cl)c3C)CC2)c(C(=O)C#N)cc1Cl.COc1cc(N2CCN(C(=O)Cn3nc(C(F)(F)F)c(Cl)c3C)CC2)c(C(=O)NCCN2CCOCC2)cc1Cl.ClCCl.NCCN1CCOCC1. The van der Waals surface area contributed by atoms with Gasteiger partial charge in [-0.15, -0.1) is 23.2 Å². The van der Waals surface area contributed by atoms with Crippen molar-refractivity contribution in [3.05, 3.63) is 78.3 Å². The first-order valence-corrected chi connectivity index (χ1v) is 29.0. The number of amides is 3. The lowest BCUT2D eigenvalue weighted by atomic mass is 10.1. The summed E-state index contributed by atoms with van der Waals surface area (Å²) in [6.07, 6.45) is -9.44. The Hall–Kier alpha value is -5.25. The van der Waals surface area contributed by atoms with E-state index in [1.54, 1.807) is 29.2 Å². The Morgan fingerprint density at radius 3 is 1.36 bits per heavy atom. The van der Waals surface area contributed by atoms with Crippen LogP contribution < -0.4 is 30.3 Å². The molecule has 470 valence electrons. The highest BCUT2D eigenvalue weighted by atomic mass is 35.5. The van der Waals surface area contributed by atoms with Crippen molar-refractivity contribution in [2.75, 3.05) is 161 Å². The summed E-state index contributed by atoms with van der Waals surface area (Å²) in [5.74, 6) is -1.12. The molecular formula is C52H65Cl6F6N13O8. The highest BCUT2D eigenvalue weighted by Gasteiger charge is 2.40. The number of nitrogens with one attached hydrogen (secondary N) is 1. The maximum Gasteiger partial charge on any atom is 0.436 e. The second kappa shape index (κ2) is 33.2. The third-order valence-electron chi connectivity index (χ3n) is 13.8. The Bertz CT molecular complexity index is 2940. The molecule has 0 unspecified atom stereocenters. The van der Waals surface area contributed by atoms with Crippen LogP contribution in [0.1, 0.15) is 43.5 Å². The number of hydrogen-bond donors (Lipinski definition) is 2. The first-order chi connectivity index (χ1) is 40.3. The average molecular weight is 1330 g/mol. The van der Waals surface area contributed by atoms with Crippen LogP contribution in [0.4, 0.5) is 37.7 Å². The average Bonchev–Trinajstić information content (AvgIpc) is 2.98. The van der Waals surface area contributed by atoms with E-state index in [0.29, 0.717) is 99.0 Å². The van der Waals surface area contributed by atoms with Gasteiger partial charge in [-0.3, -0.25) is 38.3 Å². The molecule has 0 atom stereocenters. The van der Waals surface area contributed by atoms with Crippen molar-refractivity contribution in [1.29, 1.82) is 5.26 Å². The van der Waals surface area contributed by atoms with E-state index in [1.807, 2.05) is 9.80 Å². The van der Waals surface area contributed by atoms with E-state index in [0.717, 1.165) is 61.8 Å². The molecule has 21 nitrogen and oxygen atoms in total. The van der Waals surface area contributed by atoms with Crippen LogP contribution >= 0.6 is 69.6 Å². The van der Waals surface area contributed by atoms with Crippen LogP contribution in [0.15, 0.2) is 24.3 Å². The number of aromatic nitrogens is 4. The zero-order valence-electron chi connectivity index (χ0n) is 46.9. The van der Waals surface area contributed by atoms with Crippen LogP contribution in [0, 0.1) is 25.2 Å². The van der Waals surface area contributed by atoms with Gasteiger partial charge in [-0.2, -0.15) is 41.8 Å². The molecule has 3 N–H and O–H groups in total. The molecule has 0 bridgehead atoms. The fraction of sp³-hybridized carbons (Fsp3) is 0.558. The summed E-state index contributed by atoms with van der Waals surface area (Å²) in [7, 11) is 2.90. The molecule has 4 saturated heterocycles. The minimum atomic E-state index is -4.72. The third kappa shape index (κ3) is 19.6. The smallest absolute Gasteiger partial charge is 0.436 e. The number of nitrogens with two attached hydrogens (primary N) is 1. The highest BCUT2D eigenvalue weighted by Crippen LogP contribution is 2.38. The van der Waals surface area contributed by atoms with Gasteiger partial charge in [0.1, 0.15) is 30.7 Å². The molecule has 0 spiro atoms. The topological polar surface area (TPSA) is 222 Å². The number of benzene rings is 2. The number of morpholine rings is 2. The maximum absolute atomic E-state index is 13.2. The van der Waals surface area contributed by atoms with Gasteiger partial charge in [0.15, 0.2) is 11.4 Å². The molecule has 2 aromatic carbocycles. The number of rotatable bonds is 15. The van der Waals surface area contributed by atoms with Crippen molar-refractivity contribution >= 4 is 104 Å². The van der Waals surface area contributed by atoms with Crippen LogP contribution in [-0.4, -0.2) is 213 Å². The maximum atomic E-state index is 13.2. The number of piperazine rings is 2. The van der Waals surface area contributed by atoms with Crippen LogP contribution in [-0.2, 0) is 44.5 Å². The molecule has 33 heteroatoms. The van der Waals surface area contributed by atoms with Gasteiger partial charge < -0.3 is 49.6 Å². The summed E-state index contributed by atoms with van der Waals surface area (Å²) in [5, 5.41) is 18.6. The normalized spacial score (nSPS) is 16.0. The monoisotopic (exact) mass is 1320 g/mol. The predicted molar refractivity (Wildman–Crippen MR) is 310 cm³/mol. The summed E-state index contributed by atoms with van der Waals surface area (Å²) < 4.78 is 101. The van der Waals surface area contributed by atoms with Crippen molar-refractivity contribution in [3.63, 3.8) is 0 Å². The molecular weight excluding hydrogens is 1260 g/mol. The van der Waals surface area contributed by atoms with E-state index in [2.05, 4.69) is 25.3 Å². The largest absolute Gasteiger partial charge is 0.495 e. The summed E-state index contributed by atoms with van der Waals surface area (Å²) >= 11 is 33.5. The van der Waals surface area contributed by atoms with Gasteiger partial charge in [0.25, 0.3) is 11.7 Å². The second-order valence-electron chi connectivity index (χ2n) is 19.0. The van der Waals surface area contributed by atoms with E-state index in [1.165, 1.54) is 39.0 Å². The number of alkyl halides is 8. The Morgan fingerprint density at radius 2 is 1.01 bits per heavy atom. The number of carbonyl (C=O) groups is 4. The number of ketones is 1. The van der Waals surface area contributed by atoms with Crippen LogP contribution in [0.25, 0.3) is 0 Å². The van der Waals surface area contributed by atoms with E-state index >= 15 is 0 Å². The van der Waals surface area contributed by atoms with Crippen molar-refractivity contribution in [2.24, 2.45) is 5.73 Å². The number of Topliss-reactive ketones (excluding diaryl/α,β-unsaturated/α-hetero) is 1. The second-order valence-corrected chi connectivity index (χ2v) is 21.4. The highest BCUT2D eigenvalue weighted by molar-refractivity contribution is 6.40. The van der Waals surface area contributed by atoms with Crippen LogP contribution in [0.2, 0.25) is 20.1 Å². The number of anilines is 2. The first-order valence-electron chi connectivity index (χ1n) is 26.4. The van der Waals surface area contributed by atoms with Crippen LogP contribution in [0.5, 0.6) is 11.5 Å². The molecule has 2 aromatic heterocycles. The lowest BCUT2D eigenvalue weighted by molar-refractivity contribution is -0.142. The predicted octanol–water partition coefficient (Wildman–Crippen LogP) is 7.22. The quantitative estimate of drug-likeness (QED) is 0.0519. The molecule has 4 aliphatic rings. The molecule has 0 radical (unpaired) electrons. The van der Waals surface area contributed by atoms with Gasteiger partial charge in [0.2, 0.25) is 11.8 Å². The van der Waals surface area contributed by atoms with E-state index < -0.39 is 52.0 Å². The molecule has 0 saturated carbocycles. The zero-order valence-corrected chi connectivity index (χ0v) is 51.4. The zero-order chi connectivity index (χ0) is 62.8. The number of hydrogen-bond acceptors (Lipinski definition) is 16.